The van der Waals surface area contributed by atoms with Crippen LogP contribution >= 0.6 is 34.8 Å². The number of aromatic nitrogens is 10. The second kappa shape index (κ2) is 20.6. The van der Waals surface area contributed by atoms with Gasteiger partial charge in [0.2, 0.25) is 11.2 Å². The molecule has 0 bridgehead atoms. The number of benzene rings is 2. The van der Waals surface area contributed by atoms with Crippen molar-refractivity contribution in [1.29, 1.82) is 0 Å². The minimum Gasteiger partial charge on any atom is -0.341 e. The maximum absolute atomic E-state index is 13.1. The third-order valence-electron chi connectivity index (χ3n) is 10.7. The molecule has 0 spiro atoms. The van der Waals surface area contributed by atoms with Gasteiger partial charge in [-0.3, -0.25) is 0 Å². The van der Waals surface area contributed by atoms with E-state index in [1.165, 1.54) is 18.7 Å². The average molecular weight is 934 g/mol. The Morgan fingerprint density at radius 1 is 0.600 bits per heavy atom. The fraction of sp³-hybridized carbons (Fsp3) is 0.227. The molecule has 2 aliphatic rings. The van der Waals surface area contributed by atoms with Crippen molar-refractivity contribution < 1.29 is 8.78 Å². The van der Waals surface area contributed by atoms with Crippen molar-refractivity contribution in [3.8, 4) is 0 Å². The number of halogens is 5. The summed E-state index contributed by atoms with van der Waals surface area (Å²) in [5.74, 6) is 1.01. The van der Waals surface area contributed by atoms with Crippen LogP contribution in [-0.4, -0.2) is 75.2 Å². The van der Waals surface area contributed by atoms with Crippen LogP contribution in [0.5, 0.6) is 0 Å². The lowest BCUT2D eigenvalue weighted by atomic mass is 10.1. The highest BCUT2D eigenvalue weighted by atomic mass is 35.5. The van der Waals surface area contributed by atoms with Gasteiger partial charge in [-0.05, 0) is 86.8 Å². The third-order valence-corrected chi connectivity index (χ3v) is 11.5. The number of hydrogen-bond donors (Lipinski definition) is 3. The molecule has 6 aromatic heterocycles. The van der Waals surface area contributed by atoms with Crippen molar-refractivity contribution in [2.75, 3.05) is 41.7 Å². The van der Waals surface area contributed by atoms with E-state index in [2.05, 4.69) is 85.7 Å². The van der Waals surface area contributed by atoms with Crippen molar-refractivity contribution in [2.24, 2.45) is 0 Å². The molecule has 2 aromatic carbocycles. The first-order valence-corrected chi connectivity index (χ1v) is 21.4. The largest absolute Gasteiger partial charge is 0.341 e. The van der Waals surface area contributed by atoms with Crippen molar-refractivity contribution in [3.05, 3.63) is 148 Å². The molecule has 16 nitrogen and oxygen atoms in total. The Bertz CT molecular complexity index is 2970. The van der Waals surface area contributed by atoms with Gasteiger partial charge in [-0.25, -0.2) is 58.3 Å². The molecule has 21 heteroatoms. The van der Waals surface area contributed by atoms with Gasteiger partial charge in [0.15, 0.2) is 23.0 Å². The normalized spacial score (nSPS) is 14.1. The number of nitrogens with one attached hydrogen (secondary N) is 3. The van der Waals surface area contributed by atoms with Gasteiger partial charge < -0.3 is 30.0 Å². The van der Waals surface area contributed by atoms with Crippen molar-refractivity contribution >= 4 is 97.2 Å². The highest BCUT2D eigenvalue weighted by molar-refractivity contribution is 6.34. The second-order valence-corrected chi connectivity index (χ2v) is 15.9. The van der Waals surface area contributed by atoms with E-state index in [1.807, 2.05) is 18.3 Å². The Labute approximate surface area is 386 Å². The number of piperidine rings is 2. The summed E-state index contributed by atoms with van der Waals surface area (Å²) in [7, 11) is 0. The summed E-state index contributed by atoms with van der Waals surface area (Å²) < 4.78 is 29.4. The van der Waals surface area contributed by atoms with Crippen LogP contribution in [0.2, 0.25) is 15.3 Å². The smallest absolute Gasteiger partial charge is 0.225 e. The van der Waals surface area contributed by atoms with Crippen molar-refractivity contribution in [1.82, 2.24) is 54.3 Å². The molecular formula is C44H37Cl3F2N16. The summed E-state index contributed by atoms with van der Waals surface area (Å²) in [6, 6.07) is 15.1. The van der Waals surface area contributed by atoms with Crippen LogP contribution in [0, 0.1) is 24.8 Å². The highest BCUT2D eigenvalue weighted by Crippen LogP contribution is 2.35. The van der Waals surface area contributed by atoms with Gasteiger partial charge in [-0.2, -0.15) is 0 Å². The van der Waals surface area contributed by atoms with Gasteiger partial charge in [0.25, 0.3) is 0 Å². The fourth-order valence-corrected chi connectivity index (χ4v) is 8.07. The van der Waals surface area contributed by atoms with Crippen LogP contribution in [-0.2, 0) is 0 Å². The number of hydrogen-bond acceptors (Lipinski definition) is 12. The van der Waals surface area contributed by atoms with Gasteiger partial charge >= 0.3 is 0 Å². The zero-order valence-electron chi connectivity index (χ0n) is 34.3. The second-order valence-electron chi connectivity index (χ2n) is 14.7. The Kier molecular flexibility index (Phi) is 14.1. The first kappa shape index (κ1) is 44.5. The van der Waals surface area contributed by atoms with E-state index in [4.69, 9.17) is 47.9 Å². The van der Waals surface area contributed by atoms with E-state index in [1.54, 1.807) is 42.7 Å². The molecule has 0 amide bonds. The van der Waals surface area contributed by atoms with Gasteiger partial charge in [-0.15, -0.1) is 0 Å². The predicted molar refractivity (Wildman–Crippen MR) is 248 cm³/mol. The summed E-state index contributed by atoms with van der Waals surface area (Å²) in [6.07, 6.45) is 15.6. The standard InChI is InChI=1S/C22H18ClFN8.C18H17ClN6.C4H2ClFN2/c1-25-15-2-3-19(18(23)10-15)30-20-17-6-9-32(21(17)29-13-28-20)16-4-7-31(8-5-16)22-26-11-14(24)12-27-22;1-20-12-2-3-16(15(19)10-12)24-17-14-6-9-25(18(14)23-11-22-17)13-4-7-21-8-5-13;5-4-7-1-3(6)2-8-4/h2-3,6,9-13,16H,4-5,7-8H2,(H,28,29,30);2-3,6,9-11,13,21H,4-5,7-8H2,(H,22,23,24);1-2H. The molecule has 65 heavy (non-hydrogen) atoms. The molecule has 0 aliphatic carbocycles. The summed E-state index contributed by atoms with van der Waals surface area (Å²) in [6.45, 7) is 17.8. The number of rotatable bonds is 7. The Morgan fingerprint density at radius 3 is 1.51 bits per heavy atom. The topological polar surface area (TPSA) is 161 Å². The van der Waals surface area contributed by atoms with Gasteiger partial charge in [-0.1, -0.05) is 35.3 Å². The van der Waals surface area contributed by atoms with Crippen LogP contribution in [0.1, 0.15) is 37.8 Å². The maximum atomic E-state index is 13.1. The lowest BCUT2D eigenvalue weighted by molar-refractivity contribution is 0.375. The molecule has 8 heterocycles. The van der Waals surface area contributed by atoms with E-state index in [0.29, 0.717) is 44.9 Å². The molecule has 0 unspecified atom stereocenters. The van der Waals surface area contributed by atoms with Crippen LogP contribution in [0.15, 0.2) is 98.4 Å². The first-order chi connectivity index (χ1) is 31.7. The van der Waals surface area contributed by atoms with E-state index in [9.17, 15) is 8.78 Å². The highest BCUT2D eigenvalue weighted by Gasteiger charge is 2.24. The lowest BCUT2D eigenvalue weighted by Crippen LogP contribution is -2.35. The minimum absolute atomic E-state index is 0.0615. The number of anilines is 5. The quantitative estimate of drug-likeness (QED) is 0.103. The zero-order valence-corrected chi connectivity index (χ0v) is 36.5. The van der Waals surface area contributed by atoms with Crippen LogP contribution in [0.3, 0.4) is 0 Å². The summed E-state index contributed by atoms with van der Waals surface area (Å²) in [5.41, 5.74) is 4.17. The molecule has 328 valence electrons. The predicted octanol–water partition coefficient (Wildman–Crippen LogP) is 10.7. The van der Waals surface area contributed by atoms with Gasteiger partial charge in [0.05, 0.1) is 70.1 Å². The molecule has 0 atom stereocenters. The van der Waals surface area contributed by atoms with Crippen LogP contribution < -0.4 is 20.9 Å². The van der Waals surface area contributed by atoms with Crippen molar-refractivity contribution in [3.63, 3.8) is 0 Å². The molecular weight excluding hydrogens is 897 g/mol. The van der Waals surface area contributed by atoms with E-state index in [0.717, 1.165) is 97.8 Å². The molecule has 2 fully saturated rings. The zero-order chi connectivity index (χ0) is 45.3. The van der Waals surface area contributed by atoms with Crippen molar-refractivity contribution in [2.45, 2.75) is 37.8 Å². The van der Waals surface area contributed by atoms with E-state index >= 15 is 0 Å². The van der Waals surface area contributed by atoms with Crippen LogP contribution in [0.4, 0.5) is 49.1 Å². The molecule has 2 saturated heterocycles. The summed E-state index contributed by atoms with van der Waals surface area (Å²) >= 11 is 17.8. The lowest BCUT2D eigenvalue weighted by Gasteiger charge is -2.32. The molecule has 10 rings (SSSR count). The molecule has 3 N–H and O–H groups in total. The SMILES string of the molecule is Fc1cnc(Cl)nc1.[C-]#[N+]c1ccc(Nc2ncnc3c2ccn3C2CCN(c3ncc(F)cn3)CC2)c(Cl)c1.[C-]#[N+]c1ccc(Nc2ncnc3c2ccn3C2CCNCC2)c(Cl)c1. The fourth-order valence-electron chi connectivity index (χ4n) is 7.53. The Morgan fingerprint density at radius 2 is 1.06 bits per heavy atom. The molecule has 0 saturated carbocycles. The average Bonchev–Trinajstić information content (AvgIpc) is 3.99. The molecule has 0 radical (unpaired) electrons. The van der Waals surface area contributed by atoms with Gasteiger partial charge in [0.1, 0.15) is 35.6 Å². The first-order valence-electron chi connectivity index (χ1n) is 20.2. The number of nitrogens with zero attached hydrogens (tertiary/aromatic N) is 13. The third kappa shape index (κ3) is 10.7. The van der Waals surface area contributed by atoms with Crippen LogP contribution in [0.25, 0.3) is 31.8 Å². The molecule has 8 aromatic rings. The summed E-state index contributed by atoms with van der Waals surface area (Å²) in [5, 5.41) is 12.8. The van der Waals surface area contributed by atoms with E-state index in [-0.39, 0.29) is 11.3 Å². The summed E-state index contributed by atoms with van der Waals surface area (Å²) in [4.78, 5) is 41.5. The molecule has 2 aliphatic heterocycles. The monoisotopic (exact) mass is 932 g/mol. The Balaban J connectivity index is 0.000000155. The minimum atomic E-state index is -0.477. The number of fused-ring (bicyclic) bond motifs is 2. The van der Waals surface area contributed by atoms with Gasteiger partial charge in [0, 0.05) is 37.6 Å². The van der Waals surface area contributed by atoms with E-state index < -0.39 is 11.6 Å². The maximum Gasteiger partial charge on any atom is 0.225 e. The Hall–Kier alpha value is -7.09.